The molecule has 5 rings (SSSR count). The summed E-state index contributed by atoms with van der Waals surface area (Å²) in [6.07, 6.45) is 1.91. The molecule has 3 aromatic carbocycles. The predicted octanol–water partition coefficient (Wildman–Crippen LogP) is 5.49. The van der Waals surface area contributed by atoms with Crippen molar-refractivity contribution in [3.63, 3.8) is 0 Å². The number of nitrogens with one attached hydrogen (secondary N) is 2. The van der Waals surface area contributed by atoms with E-state index in [-0.39, 0.29) is 11.7 Å². The third kappa shape index (κ3) is 5.14. The van der Waals surface area contributed by atoms with E-state index in [2.05, 4.69) is 20.5 Å². The third-order valence-corrected chi connectivity index (χ3v) is 7.15. The van der Waals surface area contributed by atoms with Crippen LogP contribution in [-0.4, -0.2) is 45.6 Å². The van der Waals surface area contributed by atoms with E-state index in [1.165, 1.54) is 11.8 Å². The van der Waals surface area contributed by atoms with Crippen LogP contribution in [0.25, 0.3) is 28.0 Å². The second-order valence-corrected chi connectivity index (χ2v) is 9.43. The van der Waals surface area contributed by atoms with Gasteiger partial charge in [-0.1, -0.05) is 59.8 Å². The summed E-state index contributed by atoms with van der Waals surface area (Å²) in [5.74, 6) is 1.88. The first-order valence-electron chi connectivity index (χ1n) is 11.5. The number of para-hydroxylation sites is 1. The Kier molecular flexibility index (Phi) is 7.34. The van der Waals surface area contributed by atoms with Crippen molar-refractivity contribution in [2.24, 2.45) is 0 Å². The minimum absolute atomic E-state index is 0.142. The zero-order chi connectivity index (χ0) is 25.8. The SMILES string of the molecule is COc1ccc(OC)c(-n2c(SCC(=O)NCc3ccccc3Cl)nnc2-c2c[nH]c3ccccc23)c1. The molecular weight excluding hydrogens is 510 g/mol. The van der Waals surface area contributed by atoms with Gasteiger partial charge in [0.05, 0.1) is 25.7 Å². The molecule has 0 saturated heterocycles. The molecule has 2 heterocycles. The number of H-pyrrole nitrogens is 1. The number of carbonyl (C=O) groups excluding carboxylic acids is 1. The van der Waals surface area contributed by atoms with Crippen LogP contribution in [0.4, 0.5) is 0 Å². The summed E-state index contributed by atoms with van der Waals surface area (Å²) in [6.45, 7) is 0.343. The largest absolute Gasteiger partial charge is 0.497 e. The van der Waals surface area contributed by atoms with E-state index in [9.17, 15) is 4.79 Å². The fraction of sp³-hybridized carbons (Fsp3) is 0.148. The minimum Gasteiger partial charge on any atom is -0.497 e. The number of thioether (sulfide) groups is 1. The molecule has 2 aromatic heterocycles. The molecule has 0 saturated carbocycles. The Balaban J connectivity index is 1.49. The molecule has 1 amide bonds. The van der Waals surface area contributed by atoms with Crippen LogP contribution in [-0.2, 0) is 11.3 Å². The summed E-state index contributed by atoms with van der Waals surface area (Å²) in [5.41, 5.74) is 3.42. The monoisotopic (exact) mass is 533 g/mol. The molecule has 188 valence electrons. The normalized spacial score (nSPS) is 11.0. The molecule has 0 radical (unpaired) electrons. The molecule has 0 aliphatic rings. The van der Waals surface area contributed by atoms with E-state index in [4.69, 9.17) is 21.1 Å². The van der Waals surface area contributed by atoms with Gasteiger partial charge >= 0.3 is 0 Å². The first-order chi connectivity index (χ1) is 18.1. The van der Waals surface area contributed by atoms with E-state index in [1.54, 1.807) is 20.3 Å². The highest BCUT2D eigenvalue weighted by molar-refractivity contribution is 7.99. The van der Waals surface area contributed by atoms with Gasteiger partial charge in [0.25, 0.3) is 0 Å². The molecule has 37 heavy (non-hydrogen) atoms. The highest BCUT2D eigenvalue weighted by atomic mass is 35.5. The van der Waals surface area contributed by atoms with Crippen LogP contribution in [0.15, 0.2) is 78.1 Å². The second kappa shape index (κ2) is 11.0. The summed E-state index contributed by atoms with van der Waals surface area (Å²) in [7, 11) is 3.22. The maximum Gasteiger partial charge on any atom is 0.230 e. The minimum atomic E-state index is -0.147. The third-order valence-electron chi connectivity index (χ3n) is 5.86. The molecule has 0 aliphatic heterocycles. The number of fused-ring (bicyclic) bond motifs is 1. The van der Waals surface area contributed by atoms with Gasteiger partial charge in [0.1, 0.15) is 11.5 Å². The van der Waals surface area contributed by atoms with Crippen LogP contribution in [0.2, 0.25) is 5.02 Å². The van der Waals surface area contributed by atoms with Crippen LogP contribution >= 0.6 is 23.4 Å². The summed E-state index contributed by atoms with van der Waals surface area (Å²) in [6, 6.07) is 20.9. The number of carbonyl (C=O) groups is 1. The van der Waals surface area contributed by atoms with E-state index in [1.807, 2.05) is 71.4 Å². The van der Waals surface area contributed by atoms with E-state index >= 15 is 0 Å². The lowest BCUT2D eigenvalue weighted by Crippen LogP contribution is -2.24. The van der Waals surface area contributed by atoms with Crippen LogP contribution in [0.3, 0.4) is 0 Å². The van der Waals surface area contributed by atoms with E-state index < -0.39 is 0 Å². The van der Waals surface area contributed by atoms with Crippen molar-refractivity contribution < 1.29 is 14.3 Å². The Hall–Kier alpha value is -3.95. The fourth-order valence-electron chi connectivity index (χ4n) is 4.00. The summed E-state index contributed by atoms with van der Waals surface area (Å²) in [5, 5.41) is 14.1. The van der Waals surface area contributed by atoms with Gasteiger partial charge < -0.3 is 19.8 Å². The Bertz CT molecular complexity index is 1560. The number of methoxy groups -OCH3 is 2. The molecule has 0 unspecified atom stereocenters. The number of hydrogen-bond donors (Lipinski definition) is 2. The molecule has 8 nitrogen and oxygen atoms in total. The first-order valence-corrected chi connectivity index (χ1v) is 12.8. The average molecular weight is 534 g/mol. The number of hydrogen-bond acceptors (Lipinski definition) is 6. The number of ether oxygens (including phenoxy) is 2. The molecule has 5 aromatic rings. The number of halogens is 1. The van der Waals surface area contributed by atoms with Gasteiger partial charge in [-0.2, -0.15) is 0 Å². The Morgan fingerprint density at radius 1 is 1.05 bits per heavy atom. The van der Waals surface area contributed by atoms with Crippen molar-refractivity contribution in [3.8, 4) is 28.6 Å². The zero-order valence-corrected chi connectivity index (χ0v) is 21.8. The van der Waals surface area contributed by atoms with Gasteiger partial charge in [0, 0.05) is 40.3 Å². The van der Waals surface area contributed by atoms with Crippen molar-refractivity contribution in [2.45, 2.75) is 11.7 Å². The number of aromatic amines is 1. The van der Waals surface area contributed by atoms with Crippen LogP contribution < -0.4 is 14.8 Å². The van der Waals surface area contributed by atoms with Crippen molar-refractivity contribution in [1.82, 2.24) is 25.1 Å². The molecular formula is C27H24ClN5O3S. The highest BCUT2D eigenvalue weighted by Gasteiger charge is 2.22. The second-order valence-electron chi connectivity index (χ2n) is 8.08. The van der Waals surface area contributed by atoms with Crippen molar-refractivity contribution in [1.29, 1.82) is 0 Å². The average Bonchev–Trinajstić information content (AvgIpc) is 3.55. The molecule has 0 atom stereocenters. The lowest BCUT2D eigenvalue weighted by atomic mass is 10.1. The molecule has 2 N–H and O–H groups in total. The molecule has 10 heteroatoms. The number of benzene rings is 3. The molecule has 0 fully saturated rings. The van der Waals surface area contributed by atoms with Gasteiger partial charge in [-0.25, -0.2) is 0 Å². The Morgan fingerprint density at radius 3 is 2.68 bits per heavy atom. The molecule has 0 spiro atoms. The lowest BCUT2D eigenvalue weighted by molar-refractivity contribution is -0.118. The fourth-order valence-corrected chi connectivity index (χ4v) is 4.98. The maximum atomic E-state index is 12.7. The predicted molar refractivity (Wildman–Crippen MR) is 146 cm³/mol. The van der Waals surface area contributed by atoms with Crippen molar-refractivity contribution >= 4 is 40.2 Å². The van der Waals surface area contributed by atoms with Gasteiger partial charge in [-0.3, -0.25) is 9.36 Å². The van der Waals surface area contributed by atoms with Gasteiger partial charge in [-0.15, -0.1) is 10.2 Å². The standard InChI is InChI=1S/C27H24ClN5O3S/c1-35-18-11-12-24(36-2)23(13-18)33-26(20-15-29-22-10-6-4-8-19(20)22)31-32-27(33)37-16-25(34)30-14-17-7-3-5-9-21(17)28/h3-13,15,29H,14,16H2,1-2H3,(H,30,34). The topological polar surface area (TPSA) is 94.1 Å². The number of nitrogens with zero attached hydrogens (tertiary/aromatic N) is 3. The quantitative estimate of drug-likeness (QED) is 0.243. The van der Waals surface area contributed by atoms with E-state index in [0.29, 0.717) is 39.7 Å². The maximum absolute atomic E-state index is 12.7. The van der Waals surface area contributed by atoms with Crippen molar-refractivity contribution in [3.05, 3.63) is 83.5 Å². The summed E-state index contributed by atoms with van der Waals surface area (Å²) < 4.78 is 13.0. The number of rotatable bonds is 9. The Labute approximate surface area is 223 Å². The number of amides is 1. The van der Waals surface area contributed by atoms with Gasteiger partial charge in [0.15, 0.2) is 11.0 Å². The van der Waals surface area contributed by atoms with Crippen molar-refractivity contribution in [2.75, 3.05) is 20.0 Å². The highest BCUT2D eigenvalue weighted by Crippen LogP contribution is 2.37. The van der Waals surface area contributed by atoms with Crippen LogP contribution in [0.5, 0.6) is 11.5 Å². The Morgan fingerprint density at radius 2 is 1.86 bits per heavy atom. The molecule has 0 aliphatic carbocycles. The smallest absolute Gasteiger partial charge is 0.230 e. The lowest BCUT2D eigenvalue weighted by Gasteiger charge is -2.15. The van der Waals surface area contributed by atoms with Crippen LogP contribution in [0.1, 0.15) is 5.56 Å². The number of aromatic nitrogens is 4. The first kappa shape index (κ1) is 24.7. The van der Waals surface area contributed by atoms with Crippen LogP contribution in [0, 0.1) is 0 Å². The zero-order valence-electron chi connectivity index (χ0n) is 20.2. The molecule has 0 bridgehead atoms. The van der Waals surface area contributed by atoms with E-state index in [0.717, 1.165) is 22.0 Å². The summed E-state index contributed by atoms with van der Waals surface area (Å²) >= 11 is 7.50. The van der Waals surface area contributed by atoms with Gasteiger partial charge in [0.2, 0.25) is 5.91 Å². The van der Waals surface area contributed by atoms with Gasteiger partial charge in [-0.05, 0) is 29.8 Å². The summed E-state index contributed by atoms with van der Waals surface area (Å²) in [4.78, 5) is 16.0.